The van der Waals surface area contributed by atoms with Gasteiger partial charge in [-0.25, -0.2) is 13.2 Å². The maximum absolute atomic E-state index is 12.9. The molecule has 3 rings (SSSR count). The van der Waals surface area contributed by atoms with Gasteiger partial charge >= 0.3 is 18.1 Å². The van der Waals surface area contributed by atoms with Crippen LogP contribution in [0.25, 0.3) is 11.1 Å². The van der Waals surface area contributed by atoms with Gasteiger partial charge < -0.3 is 15.2 Å². The van der Waals surface area contributed by atoms with Crippen molar-refractivity contribution in [2.75, 3.05) is 18.4 Å². The zero-order valence-corrected chi connectivity index (χ0v) is 16.1. The number of benzene rings is 2. The van der Waals surface area contributed by atoms with E-state index in [1.165, 1.54) is 13.2 Å². The van der Waals surface area contributed by atoms with E-state index in [-0.39, 0.29) is 22.9 Å². The van der Waals surface area contributed by atoms with E-state index in [1.54, 1.807) is 18.2 Å². The van der Waals surface area contributed by atoms with Crippen LogP contribution in [0.5, 0.6) is 12.0 Å². The first-order valence-corrected chi connectivity index (χ1v) is 9.91. The fraction of sp³-hybridized carbons (Fsp3) is 0.111. The van der Waals surface area contributed by atoms with Crippen LogP contribution in [0.3, 0.4) is 0 Å². The maximum atomic E-state index is 12.9. The topological polar surface area (TPSA) is 146 Å². The number of primary amides is 1. The third-order valence-corrected chi connectivity index (χ3v) is 5.12. The maximum Gasteiger partial charge on any atom is 0.325 e. The summed E-state index contributed by atoms with van der Waals surface area (Å²) in [4.78, 5) is 22.5. The molecule has 0 atom stereocenters. The average molecular weight is 415 g/mol. The summed E-state index contributed by atoms with van der Waals surface area (Å²) in [5.41, 5.74) is 6.32. The normalized spacial score (nSPS) is 10.9. The number of carbonyl (C=O) groups excluding carboxylic acids is 1. The average Bonchev–Trinajstić information content (AvgIpc) is 2.72. The van der Waals surface area contributed by atoms with Gasteiger partial charge in [0, 0.05) is 5.56 Å². The molecule has 3 aromatic rings. The molecule has 0 fully saturated rings. The van der Waals surface area contributed by atoms with Crippen LogP contribution >= 0.6 is 0 Å². The van der Waals surface area contributed by atoms with Gasteiger partial charge in [0.25, 0.3) is 0 Å². The molecule has 2 amide bonds. The highest BCUT2D eigenvalue weighted by atomic mass is 32.2. The van der Waals surface area contributed by atoms with Gasteiger partial charge in [0.05, 0.1) is 12.0 Å². The second-order valence-corrected chi connectivity index (χ2v) is 7.56. The highest BCUT2D eigenvalue weighted by Crippen LogP contribution is 2.28. The third-order valence-electron chi connectivity index (χ3n) is 3.66. The van der Waals surface area contributed by atoms with Gasteiger partial charge in [0.1, 0.15) is 0 Å². The molecule has 150 valence electrons. The van der Waals surface area contributed by atoms with Crippen LogP contribution in [0.1, 0.15) is 0 Å². The van der Waals surface area contributed by atoms with Gasteiger partial charge in [-0.2, -0.15) is 9.97 Å². The Kier molecular flexibility index (Phi) is 5.88. The molecule has 2 aromatic carbocycles. The number of rotatable bonds is 7. The minimum absolute atomic E-state index is 0.0997. The van der Waals surface area contributed by atoms with Crippen molar-refractivity contribution in [1.82, 2.24) is 15.0 Å². The Hall–Kier alpha value is -3.73. The molecule has 10 nitrogen and oxygen atoms in total. The lowest BCUT2D eigenvalue weighted by Gasteiger charge is -2.12. The van der Waals surface area contributed by atoms with Crippen LogP contribution in [-0.2, 0) is 9.84 Å². The monoisotopic (exact) mass is 415 g/mol. The second-order valence-electron chi connectivity index (χ2n) is 5.66. The van der Waals surface area contributed by atoms with E-state index in [0.717, 1.165) is 5.56 Å². The number of aromatic nitrogens is 3. The van der Waals surface area contributed by atoms with Crippen molar-refractivity contribution < 1.29 is 22.7 Å². The number of ether oxygens (including phenoxy) is 2. The van der Waals surface area contributed by atoms with E-state index in [2.05, 4.69) is 20.3 Å². The highest BCUT2D eigenvalue weighted by Gasteiger charge is 2.21. The van der Waals surface area contributed by atoms with Crippen LogP contribution in [0.15, 0.2) is 59.5 Å². The number of amides is 2. The Balaban J connectivity index is 1.87. The molecule has 29 heavy (non-hydrogen) atoms. The Labute approximate surface area is 166 Å². The molecule has 11 heteroatoms. The molecule has 0 radical (unpaired) electrons. The second kappa shape index (κ2) is 8.52. The molecule has 1 heterocycles. The summed E-state index contributed by atoms with van der Waals surface area (Å²) in [6, 6.07) is 14.3. The molecule has 3 N–H and O–H groups in total. The molecule has 0 unspecified atom stereocenters. The van der Waals surface area contributed by atoms with E-state index < -0.39 is 21.8 Å². The lowest BCUT2D eigenvalue weighted by Crippen LogP contribution is -2.22. The molecule has 0 aliphatic heterocycles. The fourth-order valence-electron chi connectivity index (χ4n) is 2.45. The van der Waals surface area contributed by atoms with E-state index in [1.807, 2.05) is 30.3 Å². The van der Waals surface area contributed by atoms with Crippen molar-refractivity contribution in [3.63, 3.8) is 0 Å². The van der Waals surface area contributed by atoms with E-state index in [4.69, 9.17) is 15.2 Å². The van der Waals surface area contributed by atoms with Gasteiger partial charge in [-0.15, -0.1) is 4.98 Å². The quantitative estimate of drug-likeness (QED) is 0.594. The van der Waals surface area contributed by atoms with Crippen molar-refractivity contribution >= 4 is 21.8 Å². The van der Waals surface area contributed by atoms with E-state index in [0.29, 0.717) is 5.56 Å². The summed E-state index contributed by atoms with van der Waals surface area (Å²) in [6.45, 7) is 0. The molecule has 0 aliphatic carbocycles. The summed E-state index contributed by atoms with van der Waals surface area (Å²) in [5.74, 6) is -0.971. The standard InChI is InChI=1S/C18H17N5O5S/c1-27-17-21-16(20-15(19)24)22-18(23-17)28-11-29(25,26)14-10-6-5-9-13(14)12-7-3-2-4-8-12/h2-10H,11H2,1H3,(H3,19,20,21,22,23,24). The Morgan fingerprint density at radius 1 is 1.00 bits per heavy atom. The number of urea groups is 1. The summed E-state index contributed by atoms with van der Waals surface area (Å²) in [5, 5.41) is 2.15. The lowest BCUT2D eigenvalue weighted by molar-refractivity contribution is 0.259. The molecule has 0 saturated heterocycles. The largest absolute Gasteiger partial charge is 0.467 e. The number of nitrogens with two attached hydrogens (primary N) is 1. The molecule has 1 aromatic heterocycles. The van der Waals surface area contributed by atoms with Gasteiger partial charge in [0.15, 0.2) is 5.94 Å². The fourth-order valence-corrected chi connectivity index (χ4v) is 3.64. The van der Waals surface area contributed by atoms with Gasteiger partial charge in [-0.1, -0.05) is 48.5 Å². The summed E-state index contributed by atoms with van der Waals surface area (Å²) in [7, 11) is -2.58. The smallest absolute Gasteiger partial charge is 0.325 e. The van der Waals surface area contributed by atoms with Gasteiger partial charge in [-0.05, 0) is 11.6 Å². The molecular formula is C18H17N5O5S. The molecule has 0 aliphatic rings. The Morgan fingerprint density at radius 3 is 2.34 bits per heavy atom. The third kappa shape index (κ3) is 4.96. The predicted octanol–water partition coefficient (Wildman–Crippen LogP) is 1.85. The first-order valence-electron chi connectivity index (χ1n) is 8.25. The van der Waals surface area contributed by atoms with Crippen molar-refractivity contribution in [3.05, 3.63) is 54.6 Å². The lowest BCUT2D eigenvalue weighted by atomic mass is 10.1. The van der Waals surface area contributed by atoms with Gasteiger partial charge in [0.2, 0.25) is 15.8 Å². The van der Waals surface area contributed by atoms with E-state index in [9.17, 15) is 13.2 Å². The minimum Gasteiger partial charge on any atom is -0.467 e. The van der Waals surface area contributed by atoms with Crippen molar-refractivity contribution in [3.8, 4) is 23.1 Å². The van der Waals surface area contributed by atoms with Crippen LogP contribution in [-0.4, -0.2) is 42.4 Å². The number of hydrogen-bond acceptors (Lipinski definition) is 8. The zero-order chi connectivity index (χ0) is 20.9. The number of hydrogen-bond donors (Lipinski definition) is 2. The highest BCUT2D eigenvalue weighted by molar-refractivity contribution is 7.91. The molecular weight excluding hydrogens is 398 g/mol. The summed E-state index contributed by atoms with van der Waals surface area (Å²) in [6.07, 6.45) is 0. The Morgan fingerprint density at radius 2 is 1.66 bits per heavy atom. The molecule has 0 saturated carbocycles. The number of nitrogens with zero attached hydrogens (tertiary/aromatic N) is 3. The number of anilines is 1. The molecule has 0 spiro atoms. The van der Waals surface area contributed by atoms with Crippen molar-refractivity contribution in [2.24, 2.45) is 5.73 Å². The minimum atomic E-state index is -3.87. The Bertz CT molecular complexity index is 1120. The number of sulfone groups is 1. The SMILES string of the molecule is COc1nc(NC(N)=O)nc(OCS(=O)(=O)c2ccccc2-c2ccccc2)n1. The van der Waals surface area contributed by atoms with Crippen molar-refractivity contribution in [1.29, 1.82) is 0 Å². The zero-order valence-electron chi connectivity index (χ0n) is 15.3. The molecule has 0 bridgehead atoms. The predicted molar refractivity (Wildman–Crippen MR) is 104 cm³/mol. The number of nitrogens with one attached hydrogen (secondary N) is 1. The number of methoxy groups -OCH3 is 1. The first kappa shape index (κ1) is 20.0. The number of carbonyl (C=O) groups is 1. The van der Waals surface area contributed by atoms with Crippen LogP contribution in [0, 0.1) is 0 Å². The summed E-state index contributed by atoms with van der Waals surface area (Å²) >= 11 is 0. The van der Waals surface area contributed by atoms with Gasteiger partial charge in [-0.3, -0.25) is 5.32 Å². The van der Waals surface area contributed by atoms with Crippen molar-refractivity contribution in [2.45, 2.75) is 4.90 Å². The van der Waals surface area contributed by atoms with Crippen LogP contribution in [0.2, 0.25) is 0 Å². The van der Waals surface area contributed by atoms with Crippen LogP contribution < -0.4 is 20.5 Å². The van der Waals surface area contributed by atoms with Crippen LogP contribution in [0.4, 0.5) is 10.7 Å². The van der Waals surface area contributed by atoms with E-state index >= 15 is 0 Å². The summed E-state index contributed by atoms with van der Waals surface area (Å²) < 4.78 is 35.9. The first-order chi connectivity index (χ1) is 13.9.